The van der Waals surface area contributed by atoms with E-state index < -0.39 is 11.8 Å². The van der Waals surface area contributed by atoms with Gasteiger partial charge in [0, 0.05) is 28.4 Å². The first-order valence-electron chi connectivity index (χ1n) is 4.67. The smallest absolute Gasteiger partial charge is 0.344 e. The highest BCUT2D eigenvalue weighted by atomic mass is 16.9. The van der Waals surface area contributed by atoms with Gasteiger partial charge in [0.2, 0.25) is 0 Å². The van der Waals surface area contributed by atoms with Gasteiger partial charge in [-0.2, -0.15) is 0 Å². The maximum atomic E-state index is 5.48. The van der Waals surface area contributed by atoms with E-state index >= 15 is 0 Å². The van der Waals surface area contributed by atoms with E-state index in [1.165, 1.54) is 28.4 Å². The Morgan fingerprint density at radius 1 is 1.00 bits per heavy atom. The third-order valence-corrected chi connectivity index (χ3v) is 2.59. The molecule has 1 aliphatic heterocycles. The van der Waals surface area contributed by atoms with Crippen molar-refractivity contribution in [2.45, 2.75) is 24.8 Å². The zero-order valence-corrected chi connectivity index (χ0v) is 9.77. The van der Waals surface area contributed by atoms with Crippen LogP contribution < -0.4 is 0 Å². The molecule has 0 radical (unpaired) electrons. The predicted octanol–water partition coefficient (Wildman–Crippen LogP) is 0.897. The van der Waals surface area contributed by atoms with Crippen LogP contribution >= 0.6 is 0 Å². The molecular formula is C10H18O5. The Bertz CT molecular complexity index is 230. The highest BCUT2D eigenvalue weighted by molar-refractivity contribution is 5.09. The fourth-order valence-electron chi connectivity index (χ4n) is 1.81. The molecule has 0 N–H and O–H groups in total. The average molecular weight is 218 g/mol. The van der Waals surface area contributed by atoms with Crippen molar-refractivity contribution in [3.8, 4) is 0 Å². The maximum absolute atomic E-state index is 5.48. The van der Waals surface area contributed by atoms with Gasteiger partial charge in [0.15, 0.2) is 0 Å². The van der Waals surface area contributed by atoms with E-state index in [4.69, 9.17) is 23.7 Å². The fraction of sp³-hybridized carbons (Fsp3) is 0.800. The third kappa shape index (κ3) is 1.51. The first kappa shape index (κ1) is 12.6. The van der Waals surface area contributed by atoms with Crippen molar-refractivity contribution in [1.82, 2.24) is 0 Å². The van der Waals surface area contributed by atoms with E-state index in [0.717, 1.165) is 0 Å². The Kier molecular flexibility index (Phi) is 3.86. The largest absolute Gasteiger partial charge is 0.344 e. The Labute approximate surface area is 89.9 Å². The lowest BCUT2D eigenvalue weighted by molar-refractivity contribution is -0.574. The van der Waals surface area contributed by atoms with Crippen LogP contribution in [0, 0.1) is 0 Å². The Hall–Kier alpha value is -0.460. The molecule has 0 aromatic heterocycles. The summed E-state index contributed by atoms with van der Waals surface area (Å²) in [4.78, 5) is 0. The van der Waals surface area contributed by atoms with Gasteiger partial charge in [0.1, 0.15) is 6.10 Å². The van der Waals surface area contributed by atoms with Gasteiger partial charge in [-0.15, -0.1) is 0 Å². The van der Waals surface area contributed by atoms with E-state index in [0.29, 0.717) is 0 Å². The summed E-state index contributed by atoms with van der Waals surface area (Å²) in [5.74, 6) is -2.37. The molecule has 88 valence electrons. The Morgan fingerprint density at radius 2 is 1.53 bits per heavy atom. The second-order valence-corrected chi connectivity index (χ2v) is 3.10. The van der Waals surface area contributed by atoms with Crippen molar-refractivity contribution < 1.29 is 23.7 Å². The van der Waals surface area contributed by atoms with Gasteiger partial charge >= 0.3 is 5.97 Å². The quantitative estimate of drug-likeness (QED) is 0.506. The lowest BCUT2D eigenvalue weighted by Gasteiger charge is -2.56. The molecule has 0 spiro atoms. The van der Waals surface area contributed by atoms with Crippen LogP contribution in [0.15, 0.2) is 12.2 Å². The third-order valence-electron chi connectivity index (χ3n) is 2.59. The van der Waals surface area contributed by atoms with Gasteiger partial charge in [-0.3, -0.25) is 0 Å². The van der Waals surface area contributed by atoms with Crippen molar-refractivity contribution in [1.29, 1.82) is 0 Å². The predicted molar refractivity (Wildman–Crippen MR) is 53.2 cm³/mol. The van der Waals surface area contributed by atoms with Crippen molar-refractivity contribution in [2.75, 3.05) is 28.4 Å². The lowest BCUT2D eigenvalue weighted by atomic mass is 9.99. The minimum Gasteiger partial charge on any atom is -0.344 e. The van der Waals surface area contributed by atoms with E-state index in [1.807, 2.05) is 19.1 Å². The Morgan fingerprint density at radius 3 is 1.87 bits per heavy atom. The second-order valence-electron chi connectivity index (χ2n) is 3.10. The van der Waals surface area contributed by atoms with Gasteiger partial charge in [-0.05, 0) is 6.92 Å². The van der Waals surface area contributed by atoms with Gasteiger partial charge < -0.3 is 23.7 Å². The number of methoxy groups -OCH3 is 4. The topological polar surface area (TPSA) is 46.2 Å². The molecule has 1 rings (SSSR count). The van der Waals surface area contributed by atoms with E-state index in [2.05, 4.69) is 0 Å². The molecule has 0 saturated carbocycles. The molecule has 1 saturated heterocycles. The summed E-state index contributed by atoms with van der Waals surface area (Å²) < 4.78 is 26.5. The maximum Gasteiger partial charge on any atom is 0.344 e. The fourth-order valence-corrected chi connectivity index (χ4v) is 1.81. The summed E-state index contributed by atoms with van der Waals surface area (Å²) in [7, 11) is 6.00. The van der Waals surface area contributed by atoms with Crippen molar-refractivity contribution >= 4 is 0 Å². The van der Waals surface area contributed by atoms with Crippen LogP contribution in [0.2, 0.25) is 0 Å². The number of hydrogen-bond donors (Lipinski definition) is 0. The van der Waals surface area contributed by atoms with Crippen LogP contribution in [0.4, 0.5) is 0 Å². The highest BCUT2D eigenvalue weighted by Gasteiger charge is 2.72. The molecule has 5 heteroatoms. The van der Waals surface area contributed by atoms with E-state index in [9.17, 15) is 0 Å². The monoisotopic (exact) mass is 218 g/mol. The number of hydrogen-bond acceptors (Lipinski definition) is 5. The summed E-state index contributed by atoms with van der Waals surface area (Å²) in [5.41, 5.74) is 0. The standard InChI is InChI=1S/C10H18O5/c1-6-7-8-9(11-2,12-3)10(13-4,14-5)15-8/h6-8H,1-5H3. The first-order chi connectivity index (χ1) is 7.16. The number of rotatable bonds is 5. The van der Waals surface area contributed by atoms with E-state index in [1.54, 1.807) is 0 Å². The summed E-state index contributed by atoms with van der Waals surface area (Å²) in [6, 6.07) is 0. The van der Waals surface area contributed by atoms with Crippen LogP contribution in [0.3, 0.4) is 0 Å². The SMILES string of the molecule is CC=CC1OC(OC)(OC)C1(OC)OC. The molecule has 1 fully saturated rings. The molecule has 1 unspecified atom stereocenters. The first-order valence-corrected chi connectivity index (χ1v) is 4.67. The van der Waals surface area contributed by atoms with E-state index in [-0.39, 0.29) is 6.10 Å². The van der Waals surface area contributed by atoms with Gasteiger partial charge in [0.05, 0.1) is 0 Å². The molecular weight excluding hydrogens is 200 g/mol. The highest BCUT2D eigenvalue weighted by Crippen LogP contribution is 2.47. The molecule has 0 aromatic rings. The average Bonchev–Trinajstić information content (AvgIpc) is 2.26. The van der Waals surface area contributed by atoms with Gasteiger partial charge in [0.25, 0.3) is 5.79 Å². The van der Waals surface area contributed by atoms with Crippen LogP contribution in [-0.2, 0) is 23.7 Å². The van der Waals surface area contributed by atoms with Crippen molar-refractivity contribution in [3.05, 3.63) is 12.2 Å². The molecule has 0 bridgehead atoms. The summed E-state index contributed by atoms with van der Waals surface area (Å²) >= 11 is 0. The summed E-state index contributed by atoms with van der Waals surface area (Å²) in [6.07, 6.45) is 3.33. The zero-order chi connectivity index (χ0) is 11.5. The molecule has 15 heavy (non-hydrogen) atoms. The normalized spacial score (nSPS) is 27.9. The van der Waals surface area contributed by atoms with Gasteiger partial charge in [-0.1, -0.05) is 12.2 Å². The molecule has 0 aromatic carbocycles. The molecule has 0 aliphatic carbocycles. The van der Waals surface area contributed by atoms with Crippen LogP contribution in [-0.4, -0.2) is 46.3 Å². The molecule has 1 aliphatic rings. The van der Waals surface area contributed by atoms with Crippen LogP contribution in [0.5, 0.6) is 0 Å². The van der Waals surface area contributed by atoms with Gasteiger partial charge in [-0.25, -0.2) is 0 Å². The number of allylic oxidation sites excluding steroid dienone is 1. The summed E-state index contributed by atoms with van der Waals surface area (Å²) in [5, 5.41) is 0. The zero-order valence-electron chi connectivity index (χ0n) is 9.77. The molecule has 5 nitrogen and oxygen atoms in total. The second kappa shape index (κ2) is 4.59. The minimum atomic E-state index is -1.30. The molecule has 1 heterocycles. The minimum absolute atomic E-state index is 0.350. The lowest BCUT2D eigenvalue weighted by Crippen LogP contribution is -2.77. The number of ether oxygens (including phenoxy) is 5. The Balaban J connectivity index is 2.97. The van der Waals surface area contributed by atoms with Crippen molar-refractivity contribution in [3.63, 3.8) is 0 Å². The van der Waals surface area contributed by atoms with Crippen LogP contribution in [0.25, 0.3) is 0 Å². The molecule has 1 atom stereocenters. The molecule has 0 amide bonds. The summed E-state index contributed by atoms with van der Waals surface area (Å²) in [6.45, 7) is 1.89. The van der Waals surface area contributed by atoms with Crippen LogP contribution in [0.1, 0.15) is 6.92 Å². The van der Waals surface area contributed by atoms with Crippen molar-refractivity contribution in [2.24, 2.45) is 0 Å².